The molecule has 4 aromatic rings. The number of rotatable bonds is 7. The molecule has 1 saturated carbocycles. The van der Waals surface area contributed by atoms with Gasteiger partial charge in [-0.25, -0.2) is 15.0 Å². The number of H-pyrrole nitrogens is 1. The summed E-state index contributed by atoms with van der Waals surface area (Å²) < 4.78 is 8.60. The number of halogens is 1. The maximum atomic E-state index is 12.8. The molecule has 1 amide bonds. The van der Waals surface area contributed by atoms with Crippen LogP contribution in [0.25, 0.3) is 22.6 Å². The van der Waals surface area contributed by atoms with Crippen LogP contribution in [-0.2, 0) is 11.2 Å². The van der Waals surface area contributed by atoms with Crippen LogP contribution in [0.4, 0.5) is 0 Å². The minimum absolute atomic E-state index is 0.00105. The monoisotopic (exact) mass is 514 g/mol. The summed E-state index contributed by atoms with van der Waals surface area (Å²) in [6.45, 7) is 4.37. The number of nitrogens with zero attached hydrogens (tertiary/aromatic N) is 6. The average molecular weight is 515 g/mol. The number of carbonyl (C=O) groups excluding carboxylic acids is 1. The minimum atomic E-state index is -0.211. The number of imidazole rings is 1. The zero-order chi connectivity index (χ0) is 24.5. The first-order valence-electron chi connectivity index (χ1n) is 11.6. The number of ether oxygens (including phenoxy) is 1. The highest BCUT2D eigenvalue weighted by molar-refractivity contribution is 7.17. The number of aromatic nitrogens is 7. The lowest BCUT2D eigenvalue weighted by Crippen LogP contribution is -2.43. The van der Waals surface area contributed by atoms with Crippen molar-refractivity contribution in [2.24, 2.45) is 5.92 Å². The standard InChI is InChI=1S/C23H27ClN8O2S/c1-12(2)4-20-30-17-9-25-16(21-27-11-28-31-21)8-18(17)32(20)14-5-13(6-15(7-14)34-3)29-22(33)23-26-10-19(24)35-23/h8-15H,4-7H2,1-3H3,(H,29,33)(H,27,28,31)/t13-,14+,15+/m1/s1. The van der Waals surface area contributed by atoms with Gasteiger partial charge in [0.15, 0.2) is 10.8 Å². The molecule has 5 rings (SSSR count). The van der Waals surface area contributed by atoms with Gasteiger partial charge in [-0.15, -0.1) is 0 Å². The molecule has 0 aliphatic heterocycles. The molecule has 2 N–H and O–H groups in total. The van der Waals surface area contributed by atoms with Gasteiger partial charge in [0.25, 0.3) is 5.91 Å². The molecule has 0 radical (unpaired) electrons. The predicted molar refractivity (Wildman–Crippen MR) is 134 cm³/mol. The molecule has 10 nitrogen and oxygen atoms in total. The van der Waals surface area contributed by atoms with E-state index in [9.17, 15) is 4.79 Å². The molecule has 4 aromatic heterocycles. The second kappa shape index (κ2) is 10.00. The summed E-state index contributed by atoms with van der Waals surface area (Å²) in [6.07, 6.45) is 7.89. The molecule has 12 heteroatoms. The highest BCUT2D eigenvalue weighted by Gasteiger charge is 2.33. The Morgan fingerprint density at radius 2 is 2.14 bits per heavy atom. The van der Waals surface area contributed by atoms with Crippen molar-refractivity contribution in [2.75, 3.05) is 7.11 Å². The molecule has 35 heavy (non-hydrogen) atoms. The fourth-order valence-electron chi connectivity index (χ4n) is 4.79. The van der Waals surface area contributed by atoms with Crippen molar-refractivity contribution < 1.29 is 9.53 Å². The number of hydrogen-bond acceptors (Lipinski definition) is 8. The van der Waals surface area contributed by atoms with Gasteiger partial charge < -0.3 is 14.6 Å². The lowest BCUT2D eigenvalue weighted by Gasteiger charge is -2.36. The third kappa shape index (κ3) is 5.07. The molecular weight excluding hydrogens is 488 g/mol. The van der Waals surface area contributed by atoms with Gasteiger partial charge in [-0.05, 0) is 31.2 Å². The summed E-state index contributed by atoms with van der Waals surface area (Å²) in [5.74, 6) is 1.83. The van der Waals surface area contributed by atoms with Gasteiger partial charge in [-0.2, -0.15) is 5.10 Å². The van der Waals surface area contributed by atoms with Crippen molar-refractivity contribution in [3.63, 3.8) is 0 Å². The highest BCUT2D eigenvalue weighted by Crippen LogP contribution is 2.35. The van der Waals surface area contributed by atoms with Gasteiger partial charge in [-0.3, -0.25) is 14.9 Å². The van der Waals surface area contributed by atoms with E-state index >= 15 is 0 Å². The summed E-state index contributed by atoms with van der Waals surface area (Å²) in [6, 6.07) is 2.02. The van der Waals surface area contributed by atoms with E-state index in [4.69, 9.17) is 21.3 Å². The van der Waals surface area contributed by atoms with Crippen LogP contribution in [0, 0.1) is 5.92 Å². The number of thiazole rings is 1. The summed E-state index contributed by atoms with van der Waals surface area (Å²) in [4.78, 5) is 30.7. The molecule has 0 bridgehead atoms. The van der Waals surface area contributed by atoms with Gasteiger partial charge in [-0.1, -0.05) is 36.8 Å². The van der Waals surface area contributed by atoms with Gasteiger partial charge in [0.2, 0.25) is 0 Å². The third-order valence-electron chi connectivity index (χ3n) is 6.24. The Morgan fingerprint density at radius 3 is 2.83 bits per heavy atom. The third-order valence-corrected chi connectivity index (χ3v) is 7.36. The van der Waals surface area contributed by atoms with Gasteiger partial charge >= 0.3 is 0 Å². The maximum absolute atomic E-state index is 12.8. The van der Waals surface area contributed by atoms with Gasteiger partial charge in [0, 0.05) is 25.6 Å². The van der Waals surface area contributed by atoms with Crippen molar-refractivity contribution in [3.8, 4) is 11.5 Å². The summed E-state index contributed by atoms with van der Waals surface area (Å²) >= 11 is 7.15. The average Bonchev–Trinajstić information content (AvgIpc) is 3.57. The zero-order valence-electron chi connectivity index (χ0n) is 19.7. The van der Waals surface area contributed by atoms with Crippen LogP contribution in [-0.4, -0.2) is 59.9 Å². The van der Waals surface area contributed by atoms with Crippen molar-refractivity contribution in [3.05, 3.63) is 40.0 Å². The van der Waals surface area contributed by atoms with E-state index in [2.05, 4.69) is 48.9 Å². The van der Waals surface area contributed by atoms with E-state index in [1.807, 2.05) is 6.07 Å². The first-order chi connectivity index (χ1) is 16.9. The van der Waals surface area contributed by atoms with E-state index in [-0.39, 0.29) is 24.1 Å². The first kappa shape index (κ1) is 23.8. The van der Waals surface area contributed by atoms with E-state index in [1.54, 1.807) is 13.3 Å². The normalized spacial score (nSPS) is 20.5. The SMILES string of the molecule is CO[C@H]1C[C@H](NC(=O)c2ncc(Cl)s2)C[C@H](n2c(CC(C)C)nc3cnc(-c4ncn[nH]4)cc32)C1. The Morgan fingerprint density at radius 1 is 1.29 bits per heavy atom. The van der Waals surface area contributed by atoms with E-state index in [0.29, 0.717) is 26.8 Å². The Kier molecular flexibility index (Phi) is 6.81. The number of methoxy groups -OCH3 is 1. The molecule has 0 saturated heterocycles. The number of nitrogens with one attached hydrogen (secondary N) is 2. The molecule has 0 spiro atoms. The summed E-state index contributed by atoms with van der Waals surface area (Å²) in [7, 11) is 1.72. The Bertz CT molecular complexity index is 1320. The van der Waals surface area contributed by atoms with Crippen LogP contribution in [0.1, 0.15) is 54.8 Å². The maximum Gasteiger partial charge on any atom is 0.280 e. The number of pyridine rings is 1. The molecule has 0 unspecified atom stereocenters. The minimum Gasteiger partial charge on any atom is -0.381 e. The number of fused-ring (bicyclic) bond motifs is 1. The highest BCUT2D eigenvalue weighted by atomic mass is 35.5. The second-order valence-corrected chi connectivity index (χ2v) is 10.9. The largest absolute Gasteiger partial charge is 0.381 e. The van der Waals surface area contributed by atoms with Crippen molar-refractivity contribution >= 4 is 39.9 Å². The molecule has 1 aliphatic rings. The van der Waals surface area contributed by atoms with Crippen LogP contribution in [0.5, 0.6) is 0 Å². The molecule has 1 fully saturated rings. The number of amides is 1. The fraction of sp³-hybridized carbons (Fsp3) is 0.478. The van der Waals surface area contributed by atoms with Crippen molar-refractivity contribution in [2.45, 2.75) is 57.7 Å². The topological polar surface area (TPSA) is 124 Å². The van der Waals surface area contributed by atoms with Gasteiger partial charge in [0.05, 0.1) is 24.0 Å². The van der Waals surface area contributed by atoms with E-state index in [1.165, 1.54) is 23.9 Å². The van der Waals surface area contributed by atoms with E-state index < -0.39 is 0 Å². The van der Waals surface area contributed by atoms with Gasteiger partial charge in [0.1, 0.15) is 27.7 Å². The van der Waals surface area contributed by atoms with Crippen LogP contribution >= 0.6 is 22.9 Å². The van der Waals surface area contributed by atoms with Crippen LogP contribution in [0.2, 0.25) is 4.34 Å². The fourth-order valence-corrected chi connectivity index (χ4v) is 5.60. The molecule has 184 valence electrons. The number of carbonyl (C=O) groups is 1. The lowest BCUT2D eigenvalue weighted by atomic mass is 9.88. The molecule has 4 heterocycles. The van der Waals surface area contributed by atoms with Crippen molar-refractivity contribution in [1.82, 2.24) is 40.0 Å². The Balaban J connectivity index is 1.50. The summed E-state index contributed by atoms with van der Waals surface area (Å²) in [5, 5.41) is 10.3. The number of hydrogen-bond donors (Lipinski definition) is 2. The van der Waals surface area contributed by atoms with Crippen LogP contribution in [0.3, 0.4) is 0 Å². The van der Waals surface area contributed by atoms with Crippen LogP contribution < -0.4 is 5.32 Å². The summed E-state index contributed by atoms with van der Waals surface area (Å²) in [5.41, 5.74) is 2.53. The predicted octanol–water partition coefficient (Wildman–Crippen LogP) is 4.06. The molecular formula is C23H27ClN8O2S. The van der Waals surface area contributed by atoms with Crippen molar-refractivity contribution in [1.29, 1.82) is 0 Å². The Labute approximate surface area is 211 Å². The number of aromatic amines is 1. The quantitative estimate of drug-likeness (QED) is 0.381. The first-order valence-corrected chi connectivity index (χ1v) is 12.8. The molecule has 3 atom stereocenters. The Hall–Kier alpha value is -2.89. The lowest BCUT2D eigenvalue weighted by molar-refractivity contribution is 0.0390. The zero-order valence-corrected chi connectivity index (χ0v) is 21.3. The van der Waals surface area contributed by atoms with Crippen LogP contribution in [0.15, 0.2) is 24.8 Å². The molecule has 1 aliphatic carbocycles. The smallest absolute Gasteiger partial charge is 0.280 e. The molecule has 0 aromatic carbocycles. The second-order valence-electron chi connectivity index (χ2n) is 9.25. The van der Waals surface area contributed by atoms with E-state index in [0.717, 1.165) is 42.5 Å².